The standard InChI is InChI=1S/C14H24N2S/c1-3-7-15-13-9-12(10-16(4-2)11-13)14-6-5-8-17-14/h5-6,8,12-13,15H,3-4,7,9-11H2,1-2H3. The van der Waals surface area contributed by atoms with Gasteiger partial charge < -0.3 is 10.2 Å². The zero-order valence-corrected chi connectivity index (χ0v) is 11.8. The van der Waals surface area contributed by atoms with Gasteiger partial charge in [0.15, 0.2) is 0 Å². The molecule has 0 amide bonds. The molecule has 1 N–H and O–H groups in total. The van der Waals surface area contributed by atoms with E-state index in [9.17, 15) is 0 Å². The van der Waals surface area contributed by atoms with E-state index in [4.69, 9.17) is 0 Å². The van der Waals surface area contributed by atoms with Crippen molar-refractivity contribution >= 4 is 11.3 Å². The lowest BCUT2D eigenvalue weighted by molar-refractivity contribution is 0.180. The molecule has 2 nitrogen and oxygen atoms in total. The van der Waals surface area contributed by atoms with Crippen molar-refractivity contribution in [3.05, 3.63) is 22.4 Å². The van der Waals surface area contributed by atoms with Crippen molar-refractivity contribution in [3.8, 4) is 0 Å². The number of hydrogen-bond acceptors (Lipinski definition) is 3. The van der Waals surface area contributed by atoms with Crippen molar-refractivity contribution in [2.45, 2.75) is 38.6 Å². The topological polar surface area (TPSA) is 15.3 Å². The third-order valence-electron chi connectivity index (χ3n) is 3.60. The fourth-order valence-electron chi connectivity index (χ4n) is 2.67. The van der Waals surface area contributed by atoms with Crippen molar-refractivity contribution in [3.63, 3.8) is 0 Å². The summed E-state index contributed by atoms with van der Waals surface area (Å²) in [5.41, 5.74) is 0. The average Bonchev–Trinajstić information content (AvgIpc) is 2.89. The summed E-state index contributed by atoms with van der Waals surface area (Å²) in [6.07, 6.45) is 2.53. The van der Waals surface area contributed by atoms with Crippen molar-refractivity contribution in [2.75, 3.05) is 26.2 Å². The molecule has 2 rings (SSSR count). The molecule has 1 aromatic heterocycles. The lowest BCUT2D eigenvalue weighted by Crippen LogP contribution is -2.48. The van der Waals surface area contributed by atoms with Crippen molar-refractivity contribution in [2.24, 2.45) is 0 Å². The Labute approximate surface area is 109 Å². The Morgan fingerprint density at radius 3 is 2.94 bits per heavy atom. The van der Waals surface area contributed by atoms with E-state index < -0.39 is 0 Å². The highest BCUT2D eigenvalue weighted by atomic mass is 32.1. The zero-order chi connectivity index (χ0) is 12.1. The molecule has 1 aromatic rings. The van der Waals surface area contributed by atoms with Gasteiger partial charge >= 0.3 is 0 Å². The highest BCUT2D eigenvalue weighted by Crippen LogP contribution is 2.30. The number of rotatable bonds is 5. The van der Waals surface area contributed by atoms with E-state index in [2.05, 4.69) is 41.6 Å². The lowest BCUT2D eigenvalue weighted by Gasteiger charge is -2.37. The molecule has 1 aliphatic rings. The molecule has 96 valence electrons. The van der Waals surface area contributed by atoms with E-state index in [0.29, 0.717) is 6.04 Å². The quantitative estimate of drug-likeness (QED) is 0.867. The Morgan fingerprint density at radius 2 is 2.29 bits per heavy atom. The van der Waals surface area contributed by atoms with Gasteiger partial charge in [0.25, 0.3) is 0 Å². The second-order valence-electron chi connectivity index (χ2n) is 4.95. The molecule has 0 saturated carbocycles. The van der Waals surface area contributed by atoms with Crippen LogP contribution >= 0.6 is 11.3 Å². The molecule has 2 heterocycles. The van der Waals surface area contributed by atoms with Gasteiger partial charge in [0.05, 0.1) is 0 Å². The van der Waals surface area contributed by atoms with Gasteiger partial charge in [-0.2, -0.15) is 0 Å². The number of likely N-dealkylation sites (tertiary alicyclic amines) is 1. The summed E-state index contributed by atoms with van der Waals surface area (Å²) < 4.78 is 0. The fourth-order valence-corrected chi connectivity index (χ4v) is 3.51. The van der Waals surface area contributed by atoms with Crippen LogP contribution in [0.25, 0.3) is 0 Å². The first kappa shape index (κ1) is 13.1. The largest absolute Gasteiger partial charge is 0.313 e. The van der Waals surface area contributed by atoms with Gasteiger partial charge in [-0.1, -0.05) is 19.9 Å². The number of nitrogens with zero attached hydrogens (tertiary/aromatic N) is 1. The van der Waals surface area contributed by atoms with Gasteiger partial charge in [0.2, 0.25) is 0 Å². The normalized spacial score (nSPS) is 26.2. The molecule has 0 aliphatic carbocycles. The van der Waals surface area contributed by atoms with Gasteiger partial charge in [0, 0.05) is 29.9 Å². The summed E-state index contributed by atoms with van der Waals surface area (Å²) in [7, 11) is 0. The van der Waals surface area contributed by atoms with E-state index >= 15 is 0 Å². The zero-order valence-electron chi connectivity index (χ0n) is 11.0. The van der Waals surface area contributed by atoms with Crippen LogP contribution in [0.2, 0.25) is 0 Å². The second-order valence-corrected chi connectivity index (χ2v) is 5.93. The summed E-state index contributed by atoms with van der Waals surface area (Å²) >= 11 is 1.91. The van der Waals surface area contributed by atoms with Gasteiger partial charge in [-0.05, 0) is 37.4 Å². The number of likely N-dealkylation sites (N-methyl/N-ethyl adjacent to an activating group) is 1. The van der Waals surface area contributed by atoms with Crippen LogP contribution in [0.1, 0.15) is 37.5 Å². The third-order valence-corrected chi connectivity index (χ3v) is 4.64. The minimum atomic E-state index is 0.677. The van der Waals surface area contributed by atoms with Crippen molar-refractivity contribution < 1.29 is 0 Å². The molecule has 3 heteroatoms. The molecular weight excluding hydrogens is 228 g/mol. The van der Waals surface area contributed by atoms with Gasteiger partial charge in [-0.15, -0.1) is 11.3 Å². The third kappa shape index (κ3) is 3.54. The maximum atomic E-state index is 3.69. The van der Waals surface area contributed by atoms with Crippen LogP contribution in [0.5, 0.6) is 0 Å². The molecule has 1 saturated heterocycles. The Bertz CT molecular complexity index is 310. The van der Waals surface area contributed by atoms with Gasteiger partial charge in [-0.3, -0.25) is 0 Å². The maximum absolute atomic E-state index is 3.69. The number of nitrogens with one attached hydrogen (secondary N) is 1. The van der Waals surface area contributed by atoms with E-state index in [1.54, 1.807) is 4.88 Å². The van der Waals surface area contributed by atoms with Crippen molar-refractivity contribution in [1.82, 2.24) is 10.2 Å². The highest BCUT2D eigenvalue weighted by molar-refractivity contribution is 7.10. The number of thiophene rings is 1. The van der Waals surface area contributed by atoms with Crippen LogP contribution in [0, 0.1) is 0 Å². The first-order chi connectivity index (χ1) is 8.33. The molecular formula is C14H24N2S. The predicted octanol–water partition coefficient (Wildman–Crippen LogP) is 2.93. The second kappa shape index (κ2) is 6.53. The fraction of sp³-hybridized carbons (Fsp3) is 0.714. The van der Waals surface area contributed by atoms with Crippen LogP contribution in [0.15, 0.2) is 17.5 Å². The molecule has 0 spiro atoms. The predicted molar refractivity (Wildman–Crippen MR) is 75.9 cm³/mol. The molecule has 0 radical (unpaired) electrons. The Morgan fingerprint density at radius 1 is 1.41 bits per heavy atom. The van der Waals surface area contributed by atoms with Crippen LogP contribution in [0.4, 0.5) is 0 Å². The first-order valence-electron chi connectivity index (χ1n) is 6.82. The summed E-state index contributed by atoms with van der Waals surface area (Å²) in [5.74, 6) is 0.734. The maximum Gasteiger partial charge on any atom is 0.0201 e. The average molecular weight is 252 g/mol. The Kier molecular flexibility index (Phi) is 5.01. The van der Waals surface area contributed by atoms with Gasteiger partial charge in [0.1, 0.15) is 0 Å². The molecule has 1 fully saturated rings. The Balaban J connectivity index is 1.97. The highest BCUT2D eigenvalue weighted by Gasteiger charge is 2.27. The number of piperidine rings is 1. The smallest absolute Gasteiger partial charge is 0.0201 e. The summed E-state index contributed by atoms with van der Waals surface area (Å²) in [5, 5.41) is 5.89. The van der Waals surface area contributed by atoms with E-state index in [1.165, 1.54) is 32.5 Å². The van der Waals surface area contributed by atoms with Crippen LogP contribution in [0.3, 0.4) is 0 Å². The van der Waals surface area contributed by atoms with Crippen LogP contribution in [-0.4, -0.2) is 37.1 Å². The minimum absolute atomic E-state index is 0.677. The molecule has 2 atom stereocenters. The van der Waals surface area contributed by atoms with Gasteiger partial charge in [-0.25, -0.2) is 0 Å². The number of hydrogen-bond donors (Lipinski definition) is 1. The molecule has 0 aromatic carbocycles. The monoisotopic (exact) mass is 252 g/mol. The molecule has 1 aliphatic heterocycles. The molecule has 17 heavy (non-hydrogen) atoms. The molecule has 2 unspecified atom stereocenters. The Hall–Kier alpha value is -0.380. The summed E-state index contributed by atoms with van der Waals surface area (Å²) in [4.78, 5) is 4.15. The lowest BCUT2D eigenvalue weighted by atomic mass is 9.93. The van der Waals surface area contributed by atoms with Crippen LogP contribution < -0.4 is 5.32 Å². The van der Waals surface area contributed by atoms with Crippen LogP contribution in [-0.2, 0) is 0 Å². The summed E-state index contributed by atoms with van der Waals surface area (Å²) in [6.45, 7) is 9.29. The SMILES string of the molecule is CCCNC1CC(c2cccs2)CN(CC)C1. The molecule has 0 bridgehead atoms. The summed E-state index contributed by atoms with van der Waals surface area (Å²) in [6, 6.07) is 5.15. The van der Waals surface area contributed by atoms with E-state index in [-0.39, 0.29) is 0 Å². The van der Waals surface area contributed by atoms with E-state index in [0.717, 1.165) is 12.5 Å². The first-order valence-corrected chi connectivity index (χ1v) is 7.70. The minimum Gasteiger partial charge on any atom is -0.313 e. The van der Waals surface area contributed by atoms with Crippen molar-refractivity contribution in [1.29, 1.82) is 0 Å². The van der Waals surface area contributed by atoms with E-state index in [1.807, 2.05) is 11.3 Å².